The molecule has 0 saturated carbocycles. The van der Waals surface area contributed by atoms with E-state index in [1.54, 1.807) is 12.9 Å². The van der Waals surface area contributed by atoms with Gasteiger partial charge in [-0.3, -0.25) is 8.96 Å². The Balaban J connectivity index is 3.75. The number of aromatic nitrogens is 3. The molecule has 0 aromatic carbocycles. The van der Waals surface area contributed by atoms with Gasteiger partial charge in [0.15, 0.2) is 0 Å². The summed E-state index contributed by atoms with van der Waals surface area (Å²) < 4.78 is 6.47. The zero-order chi connectivity index (χ0) is 19.7. The Hall–Kier alpha value is -2.68. The first-order valence-corrected chi connectivity index (χ1v) is 8.49. The van der Waals surface area contributed by atoms with Crippen LogP contribution in [0.4, 0.5) is 0 Å². The van der Waals surface area contributed by atoms with E-state index in [9.17, 15) is 14.4 Å². The molecule has 0 bridgehead atoms. The third kappa shape index (κ3) is 4.48. The fraction of sp³-hybridized carbons (Fsp3) is 0.667. The minimum atomic E-state index is -1.07. The average Bonchev–Trinajstić information content (AvgIpc) is 2.62. The number of unbranched alkanes of at least 4 members (excludes halogenated alkanes) is 2. The Labute approximate surface area is 153 Å². The first-order chi connectivity index (χ1) is 12.4. The van der Waals surface area contributed by atoms with Gasteiger partial charge in [-0.25, -0.2) is 24.2 Å². The molecular formula is C15H21B2N5O4. The predicted molar refractivity (Wildman–Crippen MR) is 96.5 cm³/mol. The quantitative estimate of drug-likeness (QED) is 0.432. The van der Waals surface area contributed by atoms with E-state index in [4.69, 9.17) is 10.5 Å². The average molecular weight is 357 g/mol. The molecule has 0 spiro atoms. The summed E-state index contributed by atoms with van der Waals surface area (Å²) in [7, 11) is 1.37. The van der Waals surface area contributed by atoms with Crippen molar-refractivity contribution in [2.75, 3.05) is 0 Å². The van der Waals surface area contributed by atoms with Crippen LogP contribution < -0.4 is 17.1 Å². The van der Waals surface area contributed by atoms with Gasteiger partial charge in [0.25, 0.3) is 6.26 Å². The van der Waals surface area contributed by atoms with Crippen LogP contribution in [-0.4, -0.2) is 28.6 Å². The zero-order valence-corrected chi connectivity index (χ0v) is 15.3. The standard InChI is InChI=1S/C15H21B2N5O4/c1-4-6-8-15(3,9-7-5-2)20-12(23)21(16-10-18)14(25)22(13(20)24)17-26-11-19/h4-9H2,1-3H3. The van der Waals surface area contributed by atoms with Crippen molar-refractivity contribution in [2.45, 2.75) is 64.8 Å². The van der Waals surface area contributed by atoms with Crippen molar-refractivity contribution in [3.8, 4) is 12.2 Å². The van der Waals surface area contributed by atoms with E-state index in [0.717, 1.165) is 37.7 Å². The molecule has 1 rings (SSSR count). The van der Waals surface area contributed by atoms with Crippen molar-refractivity contribution in [1.29, 1.82) is 10.5 Å². The highest BCUT2D eigenvalue weighted by molar-refractivity contribution is 6.43. The third-order valence-electron chi connectivity index (χ3n) is 4.28. The minimum absolute atomic E-state index is 0.522. The van der Waals surface area contributed by atoms with E-state index in [1.807, 2.05) is 13.8 Å². The summed E-state index contributed by atoms with van der Waals surface area (Å²) >= 11 is 0. The van der Waals surface area contributed by atoms with Crippen LogP contribution in [0.5, 0.6) is 0 Å². The minimum Gasteiger partial charge on any atom is -0.473 e. The number of rotatable bonds is 10. The molecule has 0 aliphatic heterocycles. The normalized spacial score (nSPS) is 10.7. The van der Waals surface area contributed by atoms with E-state index in [0.29, 0.717) is 29.4 Å². The molecule has 0 fully saturated rings. The van der Waals surface area contributed by atoms with Gasteiger partial charge in [0.2, 0.25) is 0 Å². The molecule has 0 saturated heterocycles. The second kappa shape index (κ2) is 9.71. The largest absolute Gasteiger partial charge is 0.545 e. The highest BCUT2D eigenvalue weighted by atomic mass is 16.4. The van der Waals surface area contributed by atoms with Crippen molar-refractivity contribution in [2.24, 2.45) is 0 Å². The SMILES string of the molecule is CCCCC(C)(CCCC)n1c(=O)n([B]C#N)c(=O)n([B]OC#N)c1=O. The molecule has 0 amide bonds. The van der Waals surface area contributed by atoms with E-state index in [1.165, 1.54) is 6.26 Å². The topological polar surface area (TPSA) is 123 Å². The van der Waals surface area contributed by atoms with Crippen LogP contribution in [0.15, 0.2) is 14.4 Å². The van der Waals surface area contributed by atoms with Crippen LogP contribution in [0.2, 0.25) is 0 Å². The molecule has 0 unspecified atom stereocenters. The molecule has 0 atom stereocenters. The second-order valence-corrected chi connectivity index (χ2v) is 6.20. The fourth-order valence-electron chi connectivity index (χ4n) is 2.84. The fourth-order valence-corrected chi connectivity index (χ4v) is 2.84. The van der Waals surface area contributed by atoms with Gasteiger partial charge in [-0.05, 0) is 19.8 Å². The lowest BCUT2D eigenvalue weighted by Gasteiger charge is -2.32. The van der Waals surface area contributed by atoms with Gasteiger partial charge >= 0.3 is 32.1 Å². The Morgan fingerprint density at radius 2 is 1.54 bits per heavy atom. The van der Waals surface area contributed by atoms with Crippen molar-refractivity contribution in [3.05, 3.63) is 31.5 Å². The van der Waals surface area contributed by atoms with Crippen LogP contribution in [-0.2, 0) is 10.2 Å². The molecule has 0 N–H and O–H groups in total. The summed E-state index contributed by atoms with van der Waals surface area (Å²) in [6.45, 7) is 5.79. The summed E-state index contributed by atoms with van der Waals surface area (Å²) in [4.78, 5) is 38.0. The van der Waals surface area contributed by atoms with Crippen LogP contribution >= 0.6 is 0 Å². The van der Waals surface area contributed by atoms with Crippen LogP contribution in [0.1, 0.15) is 59.3 Å². The molecule has 0 aliphatic rings. The van der Waals surface area contributed by atoms with Crippen LogP contribution in [0.3, 0.4) is 0 Å². The van der Waals surface area contributed by atoms with Gasteiger partial charge in [-0.15, -0.1) is 0 Å². The predicted octanol–water partition coefficient (Wildman–Crippen LogP) is 0.0957. The van der Waals surface area contributed by atoms with E-state index in [-0.39, 0.29) is 0 Å². The molecule has 0 aliphatic carbocycles. The summed E-state index contributed by atoms with van der Waals surface area (Å²) in [6.07, 6.45) is 5.77. The Morgan fingerprint density at radius 1 is 1.00 bits per heavy atom. The van der Waals surface area contributed by atoms with Crippen LogP contribution in [0.25, 0.3) is 0 Å². The second-order valence-electron chi connectivity index (χ2n) is 6.20. The molecule has 26 heavy (non-hydrogen) atoms. The highest BCUT2D eigenvalue weighted by Crippen LogP contribution is 2.26. The van der Waals surface area contributed by atoms with Gasteiger partial charge in [-0.1, -0.05) is 39.5 Å². The van der Waals surface area contributed by atoms with Gasteiger partial charge in [0.1, 0.15) is 0 Å². The molecule has 11 heteroatoms. The summed E-state index contributed by atoms with van der Waals surface area (Å²) in [5, 5.41) is 17.4. The molecule has 2 radical (unpaired) electrons. The Morgan fingerprint density at radius 3 is 2.00 bits per heavy atom. The van der Waals surface area contributed by atoms with Crippen LogP contribution in [0, 0.1) is 22.7 Å². The maximum absolute atomic E-state index is 12.8. The van der Waals surface area contributed by atoms with Crippen molar-refractivity contribution in [3.63, 3.8) is 0 Å². The van der Waals surface area contributed by atoms with E-state index >= 15 is 0 Å². The van der Waals surface area contributed by atoms with Gasteiger partial charge in [0, 0.05) is 5.97 Å². The smallest absolute Gasteiger partial charge is 0.473 e. The Bertz CT molecular complexity index is 866. The maximum Gasteiger partial charge on any atom is 0.545 e. The van der Waals surface area contributed by atoms with Crippen molar-refractivity contribution < 1.29 is 4.65 Å². The summed E-state index contributed by atoms with van der Waals surface area (Å²) in [6, 6.07) is 0. The lowest BCUT2D eigenvalue weighted by atomic mass is 9.88. The number of nitriles is 2. The van der Waals surface area contributed by atoms with Gasteiger partial charge in [-0.2, -0.15) is 5.26 Å². The monoisotopic (exact) mass is 357 g/mol. The zero-order valence-electron chi connectivity index (χ0n) is 15.3. The number of hydrogen-bond donors (Lipinski definition) is 0. The molecule has 136 valence electrons. The number of nitrogens with zero attached hydrogens (tertiary/aromatic N) is 5. The Kier molecular flexibility index (Phi) is 7.98. The lowest BCUT2D eigenvalue weighted by molar-refractivity contribution is 0.229. The first-order valence-electron chi connectivity index (χ1n) is 8.49. The maximum atomic E-state index is 12.8. The van der Waals surface area contributed by atoms with Gasteiger partial charge in [0.05, 0.1) is 5.54 Å². The molecule has 1 heterocycles. The molecule has 1 aromatic rings. The van der Waals surface area contributed by atoms with E-state index in [2.05, 4.69) is 4.65 Å². The van der Waals surface area contributed by atoms with E-state index < -0.39 is 22.6 Å². The molecule has 1 aromatic heterocycles. The van der Waals surface area contributed by atoms with Crippen molar-refractivity contribution >= 4 is 15.0 Å². The highest BCUT2D eigenvalue weighted by Gasteiger charge is 2.32. The third-order valence-corrected chi connectivity index (χ3v) is 4.28. The molecule has 9 nitrogen and oxygen atoms in total. The first kappa shape index (κ1) is 21.4. The van der Waals surface area contributed by atoms with Crippen molar-refractivity contribution in [1.82, 2.24) is 13.5 Å². The summed E-state index contributed by atoms with van der Waals surface area (Å²) in [5.74, 6) is 1.62. The number of hydrogen-bond acceptors (Lipinski definition) is 6. The van der Waals surface area contributed by atoms with Gasteiger partial charge < -0.3 is 4.65 Å². The molecular weight excluding hydrogens is 336 g/mol. The summed E-state index contributed by atoms with van der Waals surface area (Å²) in [5.41, 5.74) is -3.67. The lowest BCUT2D eigenvalue weighted by Crippen LogP contribution is -2.61.